The van der Waals surface area contributed by atoms with E-state index in [1.165, 1.54) is 28.9 Å². The van der Waals surface area contributed by atoms with E-state index in [2.05, 4.69) is 22.8 Å². The molecule has 3 rings (SSSR count). The van der Waals surface area contributed by atoms with Crippen LogP contribution >= 0.6 is 11.3 Å². The summed E-state index contributed by atoms with van der Waals surface area (Å²) in [6.45, 7) is 3.86. The van der Waals surface area contributed by atoms with Crippen LogP contribution in [0.25, 0.3) is 0 Å². The SMILES string of the molecule is CC(C)C(NC(=O)c1cccs1)C(=O)Nc1ccc2c(c1)CCC2. The van der Waals surface area contributed by atoms with Crippen molar-refractivity contribution in [1.82, 2.24) is 5.32 Å². The van der Waals surface area contributed by atoms with Crippen LogP contribution in [0.5, 0.6) is 0 Å². The highest BCUT2D eigenvalue weighted by atomic mass is 32.1. The van der Waals surface area contributed by atoms with Gasteiger partial charge in [0.05, 0.1) is 4.88 Å². The second-order valence-corrected chi connectivity index (χ2v) is 7.45. The Hall–Kier alpha value is -2.14. The third-order valence-corrected chi connectivity index (χ3v) is 5.22. The van der Waals surface area contributed by atoms with E-state index in [0.29, 0.717) is 4.88 Å². The lowest BCUT2D eigenvalue weighted by molar-refractivity contribution is -0.118. The highest BCUT2D eigenvalue weighted by Crippen LogP contribution is 2.25. The number of anilines is 1. The standard InChI is InChI=1S/C19H22N2O2S/c1-12(2)17(21-18(22)16-7-4-10-24-16)19(23)20-15-9-8-13-5-3-6-14(13)11-15/h4,7-12,17H,3,5-6H2,1-2H3,(H,20,23)(H,21,22). The van der Waals surface area contributed by atoms with E-state index < -0.39 is 6.04 Å². The Kier molecular flexibility index (Phi) is 5.00. The van der Waals surface area contributed by atoms with Crippen LogP contribution in [-0.2, 0) is 17.6 Å². The van der Waals surface area contributed by atoms with E-state index in [1.807, 2.05) is 31.4 Å². The maximum absolute atomic E-state index is 12.6. The third-order valence-electron chi connectivity index (χ3n) is 4.35. The summed E-state index contributed by atoms with van der Waals surface area (Å²) < 4.78 is 0. The number of aryl methyl sites for hydroxylation is 2. The first-order valence-corrected chi connectivity index (χ1v) is 9.19. The molecule has 5 heteroatoms. The average Bonchev–Trinajstić information content (AvgIpc) is 3.22. The van der Waals surface area contributed by atoms with Gasteiger partial charge in [-0.25, -0.2) is 0 Å². The van der Waals surface area contributed by atoms with E-state index in [9.17, 15) is 9.59 Å². The molecular formula is C19H22N2O2S. The summed E-state index contributed by atoms with van der Waals surface area (Å²) >= 11 is 1.37. The summed E-state index contributed by atoms with van der Waals surface area (Å²) in [6, 6.07) is 9.11. The molecule has 1 aliphatic rings. The average molecular weight is 342 g/mol. The van der Waals surface area contributed by atoms with E-state index in [1.54, 1.807) is 6.07 Å². The van der Waals surface area contributed by atoms with Gasteiger partial charge in [0, 0.05) is 5.69 Å². The van der Waals surface area contributed by atoms with Gasteiger partial charge < -0.3 is 10.6 Å². The molecule has 1 unspecified atom stereocenters. The van der Waals surface area contributed by atoms with Crippen molar-refractivity contribution in [1.29, 1.82) is 0 Å². The van der Waals surface area contributed by atoms with Crippen molar-refractivity contribution >= 4 is 28.8 Å². The smallest absolute Gasteiger partial charge is 0.262 e. The van der Waals surface area contributed by atoms with Gasteiger partial charge in [-0.3, -0.25) is 9.59 Å². The van der Waals surface area contributed by atoms with Crippen molar-refractivity contribution in [3.05, 3.63) is 51.7 Å². The molecular weight excluding hydrogens is 320 g/mol. The zero-order chi connectivity index (χ0) is 17.1. The number of benzene rings is 1. The Morgan fingerprint density at radius 2 is 1.92 bits per heavy atom. The van der Waals surface area contributed by atoms with Gasteiger partial charge in [0.25, 0.3) is 5.91 Å². The van der Waals surface area contributed by atoms with E-state index in [0.717, 1.165) is 18.5 Å². The monoisotopic (exact) mass is 342 g/mol. The van der Waals surface area contributed by atoms with Crippen LogP contribution in [0.2, 0.25) is 0 Å². The Balaban J connectivity index is 1.69. The second kappa shape index (κ2) is 7.18. The molecule has 0 saturated heterocycles. The third kappa shape index (κ3) is 3.67. The van der Waals surface area contributed by atoms with Crippen LogP contribution in [0.15, 0.2) is 35.7 Å². The molecule has 2 amide bonds. The Labute approximate surface area is 146 Å². The fourth-order valence-corrected chi connectivity index (χ4v) is 3.65. The molecule has 1 atom stereocenters. The van der Waals surface area contributed by atoms with Crippen LogP contribution in [0.4, 0.5) is 5.69 Å². The minimum atomic E-state index is -0.562. The first-order valence-electron chi connectivity index (χ1n) is 8.31. The number of nitrogens with one attached hydrogen (secondary N) is 2. The lowest BCUT2D eigenvalue weighted by Gasteiger charge is -2.21. The normalized spacial score (nSPS) is 14.3. The van der Waals surface area contributed by atoms with E-state index >= 15 is 0 Å². The number of carbonyl (C=O) groups is 2. The van der Waals surface area contributed by atoms with Crippen LogP contribution in [-0.4, -0.2) is 17.9 Å². The highest BCUT2D eigenvalue weighted by Gasteiger charge is 2.25. The Morgan fingerprint density at radius 3 is 2.62 bits per heavy atom. The summed E-state index contributed by atoms with van der Waals surface area (Å²) in [4.78, 5) is 25.5. The summed E-state index contributed by atoms with van der Waals surface area (Å²) in [7, 11) is 0. The molecule has 0 bridgehead atoms. The topological polar surface area (TPSA) is 58.2 Å². The van der Waals surface area contributed by atoms with Gasteiger partial charge >= 0.3 is 0 Å². The largest absolute Gasteiger partial charge is 0.339 e. The predicted octanol–water partition coefficient (Wildman–Crippen LogP) is 3.63. The lowest BCUT2D eigenvalue weighted by Crippen LogP contribution is -2.46. The van der Waals surface area contributed by atoms with Crippen molar-refractivity contribution in [2.45, 2.75) is 39.2 Å². The molecule has 1 aromatic carbocycles. The molecule has 2 N–H and O–H groups in total. The molecule has 4 nitrogen and oxygen atoms in total. The molecule has 0 fully saturated rings. The van der Waals surface area contributed by atoms with Crippen molar-refractivity contribution in [3.63, 3.8) is 0 Å². The number of amides is 2. The lowest BCUT2D eigenvalue weighted by atomic mass is 10.0. The summed E-state index contributed by atoms with van der Waals surface area (Å²) in [6.07, 6.45) is 3.37. The van der Waals surface area contributed by atoms with Gasteiger partial charge in [-0.2, -0.15) is 0 Å². The fraction of sp³-hybridized carbons (Fsp3) is 0.368. The summed E-state index contributed by atoms with van der Waals surface area (Å²) in [5.41, 5.74) is 3.49. The summed E-state index contributed by atoms with van der Waals surface area (Å²) in [5.74, 6) is -0.371. The maximum atomic E-state index is 12.6. The number of fused-ring (bicyclic) bond motifs is 1. The summed E-state index contributed by atoms with van der Waals surface area (Å²) in [5, 5.41) is 7.66. The van der Waals surface area contributed by atoms with Crippen molar-refractivity contribution in [2.24, 2.45) is 5.92 Å². The molecule has 1 aliphatic carbocycles. The maximum Gasteiger partial charge on any atom is 0.262 e. The Morgan fingerprint density at radius 1 is 1.12 bits per heavy atom. The zero-order valence-electron chi connectivity index (χ0n) is 14.0. The molecule has 24 heavy (non-hydrogen) atoms. The van der Waals surface area contributed by atoms with E-state index in [4.69, 9.17) is 0 Å². The van der Waals surface area contributed by atoms with Crippen LogP contribution in [0.3, 0.4) is 0 Å². The molecule has 2 aromatic rings. The number of hydrogen-bond acceptors (Lipinski definition) is 3. The Bertz CT molecular complexity index is 738. The van der Waals surface area contributed by atoms with Gasteiger partial charge in [-0.05, 0) is 59.9 Å². The first-order chi connectivity index (χ1) is 11.5. The molecule has 1 heterocycles. The van der Waals surface area contributed by atoms with Crippen molar-refractivity contribution < 1.29 is 9.59 Å². The minimum Gasteiger partial charge on any atom is -0.339 e. The van der Waals surface area contributed by atoms with Crippen molar-refractivity contribution in [3.8, 4) is 0 Å². The number of hydrogen-bond donors (Lipinski definition) is 2. The zero-order valence-corrected chi connectivity index (χ0v) is 14.8. The number of thiophene rings is 1. The highest BCUT2D eigenvalue weighted by molar-refractivity contribution is 7.12. The molecule has 0 aliphatic heterocycles. The predicted molar refractivity (Wildman–Crippen MR) is 97.5 cm³/mol. The molecule has 1 aromatic heterocycles. The van der Waals surface area contributed by atoms with Crippen LogP contribution in [0.1, 0.15) is 41.1 Å². The second-order valence-electron chi connectivity index (χ2n) is 6.50. The van der Waals surface area contributed by atoms with Gasteiger partial charge in [0.15, 0.2) is 0 Å². The number of carbonyl (C=O) groups excluding carboxylic acids is 2. The van der Waals surface area contributed by atoms with Gasteiger partial charge in [0.1, 0.15) is 6.04 Å². The fourth-order valence-electron chi connectivity index (χ4n) is 3.02. The minimum absolute atomic E-state index is 0.00309. The van der Waals surface area contributed by atoms with E-state index in [-0.39, 0.29) is 17.7 Å². The van der Waals surface area contributed by atoms with Crippen molar-refractivity contribution in [2.75, 3.05) is 5.32 Å². The molecule has 0 spiro atoms. The first kappa shape index (κ1) is 16.7. The number of rotatable bonds is 5. The quantitative estimate of drug-likeness (QED) is 0.872. The van der Waals surface area contributed by atoms with Gasteiger partial charge in [-0.15, -0.1) is 11.3 Å². The van der Waals surface area contributed by atoms with Crippen LogP contribution in [0, 0.1) is 5.92 Å². The van der Waals surface area contributed by atoms with Crippen LogP contribution < -0.4 is 10.6 Å². The molecule has 0 radical (unpaired) electrons. The van der Waals surface area contributed by atoms with Gasteiger partial charge in [0.2, 0.25) is 5.91 Å². The molecule has 126 valence electrons. The van der Waals surface area contributed by atoms with Gasteiger partial charge in [-0.1, -0.05) is 26.0 Å². The molecule has 0 saturated carbocycles.